The average molecular weight is 1490 g/mol. The number of esters is 3. The van der Waals surface area contributed by atoms with E-state index in [1.807, 2.05) is 32.0 Å². The summed E-state index contributed by atoms with van der Waals surface area (Å²) in [5.41, 5.74) is 6.73. The lowest BCUT2D eigenvalue weighted by Crippen LogP contribution is -2.60. The number of amides is 10. The number of anilines is 1. The highest BCUT2D eigenvalue weighted by Crippen LogP contribution is 2.32. The Bertz CT molecular complexity index is 3200. The lowest BCUT2D eigenvalue weighted by molar-refractivity contribution is -0.165. The van der Waals surface area contributed by atoms with Crippen molar-refractivity contribution < 1.29 is 91.1 Å². The first kappa shape index (κ1) is 88.8. The molecule has 0 aromatic heterocycles. The molecule has 1 saturated heterocycles. The molecule has 0 spiro atoms. The Balaban J connectivity index is 1.35. The first-order valence-electron chi connectivity index (χ1n) is 36.0. The Labute approximate surface area is 622 Å². The summed E-state index contributed by atoms with van der Waals surface area (Å²) in [6.45, 7) is 24.9. The molecular weight excluding hydrogens is 1380 g/mol. The highest BCUT2D eigenvalue weighted by atomic mass is 32.2. The number of nitrogens with one attached hydrogen (secondary N) is 6. The first-order valence-corrected chi connectivity index (χ1v) is 37.2. The zero-order valence-electron chi connectivity index (χ0n) is 63.4. The molecule has 30 heteroatoms. The molecule has 2 unspecified atom stereocenters. The molecule has 2 aliphatic rings. The van der Waals surface area contributed by atoms with E-state index in [0.717, 1.165) is 28.8 Å². The van der Waals surface area contributed by atoms with Crippen molar-refractivity contribution in [3.63, 3.8) is 0 Å². The van der Waals surface area contributed by atoms with Gasteiger partial charge in [-0.2, -0.15) is 11.8 Å². The van der Waals surface area contributed by atoms with E-state index in [1.54, 1.807) is 104 Å². The monoisotopic (exact) mass is 1490 g/mol. The minimum Gasteiger partial charge on any atom is -0.462 e. The number of primary amides is 1. The molecule has 2 aromatic rings. The smallest absolute Gasteiger partial charge is 0.410 e. The Morgan fingerprint density at radius 1 is 0.714 bits per heavy atom. The second kappa shape index (κ2) is 44.4. The Morgan fingerprint density at radius 2 is 1.31 bits per heavy atom. The maximum absolute atomic E-state index is 14.9. The zero-order chi connectivity index (χ0) is 78.4. The van der Waals surface area contributed by atoms with Crippen LogP contribution in [0, 0.1) is 29.6 Å². The molecule has 29 nitrogen and oxygen atoms in total. The van der Waals surface area contributed by atoms with Gasteiger partial charge in [0.05, 0.1) is 60.9 Å². The van der Waals surface area contributed by atoms with Gasteiger partial charge in [0, 0.05) is 84.3 Å². The highest BCUT2D eigenvalue weighted by molar-refractivity contribution is 7.99. The molecule has 10 amide bonds. The predicted molar refractivity (Wildman–Crippen MR) is 395 cm³/mol. The molecule has 1 saturated carbocycles. The molecule has 0 bridgehead atoms. The van der Waals surface area contributed by atoms with Crippen molar-refractivity contribution in [1.82, 2.24) is 41.3 Å². The Morgan fingerprint density at radius 3 is 1.86 bits per heavy atom. The van der Waals surface area contributed by atoms with Gasteiger partial charge >= 0.3 is 30.0 Å². The number of carbonyl (C=O) groups is 12. The van der Waals surface area contributed by atoms with Gasteiger partial charge in [0.25, 0.3) is 0 Å². The van der Waals surface area contributed by atoms with Crippen LogP contribution >= 0.6 is 11.8 Å². The highest BCUT2D eigenvalue weighted by Gasteiger charge is 2.45. The number of nitrogens with two attached hydrogens (primary N) is 1. The number of urea groups is 1. The van der Waals surface area contributed by atoms with Gasteiger partial charge in [-0.3, -0.25) is 43.3 Å². The number of methoxy groups -OCH3 is 2. The molecule has 2 aromatic carbocycles. The number of aliphatic hydroxyl groups excluding tert-OH is 1. The fraction of sp³-hybridized carbons (Fsp3) is 0.627. The normalized spacial score (nSPS) is 18.9. The fourth-order valence-corrected chi connectivity index (χ4v) is 13.8. The summed E-state index contributed by atoms with van der Waals surface area (Å²) in [4.78, 5) is 165. The van der Waals surface area contributed by atoms with E-state index in [-0.39, 0.29) is 87.3 Å². The molecule has 1 aliphatic heterocycles. The summed E-state index contributed by atoms with van der Waals surface area (Å²) in [6, 6.07) is 8.40. The van der Waals surface area contributed by atoms with E-state index in [0.29, 0.717) is 42.6 Å². The van der Waals surface area contributed by atoms with Gasteiger partial charge < -0.3 is 81.0 Å². The Hall–Kier alpha value is -8.61. The maximum atomic E-state index is 14.9. The molecule has 2 fully saturated rings. The van der Waals surface area contributed by atoms with Gasteiger partial charge in [-0.15, -0.1) is 0 Å². The van der Waals surface area contributed by atoms with Crippen LogP contribution in [0.1, 0.15) is 151 Å². The molecule has 9 N–H and O–H groups in total. The number of nitrogens with zero attached hydrogens (tertiary/aromatic N) is 3. The maximum Gasteiger partial charge on any atom is 0.410 e. The van der Waals surface area contributed by atoms with Crippen molar-refractivity contribution in [1.29, 1.82) is 0 Å². The van der Waals surface area contributed by atoms with Gasteiger partial charge in [0.2, 0.25) is 41.4 Å². The number of carbonyl (C=O) groups excluding carboxylic acids is 12. The van der Waals surface area contributed by atoms with Crippen LogP contribution in [0.3, 0.4) is 0 Å². The van der Waals surface area contributed by atoms with E-state index in [9.17, 15) is 62.6 Å². The molecule has 4 rings (SSSR count). The predicted octanol–water partition coefficient (Wildman–Crippen LogP) is 6.01. The van der Waals surface area contributed by atoms with Gasteiger partial charge in [0.15, 0.2) is 0 Å². The van der Waals surface area contributed by atoms with Crippen LogP contribution in [0.2, 0.25) is 0 Å². The van der Waals surface area contributed by atoms with Crippen LogP contribution in [-0.4, -0.2) is 217 Å². The number of likely N-dealkylation sites (N-methyl/N-ethyl adjacent to an activating group) is 2. The second-order valence-electron chi connectivity index (χ2n) is 27.9. The summed E-state index contributed by atoms with van der Waals surface area (Å²) in [6.07, 6.45) is -0.947. The molecule has 1 heterocycles. The quantitative estimate of drug-likeness (QED) is 0.0163. The lowest BCUT2D eigenvalue weighted by Gasteiger charge is -2.41. The van der Waals surface area contributed by atoms with Gasteiger partial charge in [0.1, 0.15) is 49.1 Å². The summed E-state index contributed by atoms with van der Waals surface area (Å²) in [5.74, 6) is -7.62. The van der Waals surface area contributed by atoms with Crippen molar-refractivity contribution >= 4 is 88.8 Å². The molecule has 0 radical (unpaired) electrons. The summed E-state index contributed by atoms with van der Waals surface area (Å²) < 4.78 is 34.1. The van der Waals surface area contributed by atoms with E-state index in [1.165, 1.54) is 26.2 Å². The number of aliphatic hydroxyl groups is 1. The average Bonchev–Trinajstić information content (AvgIpc) is 1.80. The van der Waals surface area contributed by atoms with E-state index in [4.69, 9.17) is 34.2 Å². The third-order valence-electron chi connectivity index (χ3n) is 19.0. The molecule has 15 atom stereocenters. The minimum absolute atomic E-state index is 0.0390. The minimum atomic E-state index is -1.17. The molecule has 584 valence electrons. The van der Waals surface area contributed by atoms with Crippen molar-refractivity contribution in [2.24, 2.45) is 35.3 Å². The van der Waals surface area contributed by atoms with Crippen LogP contribution in [0.15, 0.2) is 79.9 Å². The van der Waals surface area contributed by atoms with Crippen molar-refractivity contribution in [2.45, 2.75) is 219 Å². The number of ether oxygens (including phenoxy) is 6. The number of hydrogen-bond donors (Lipinski definition) is 8. The molecular formula is C75H114N10O19S. The van der Waals surface area contributed by atoms with Crippen LogP contribution < -0.4 is 37.6 Å². The topological polar surface area (TPSA) is 388 Å². The summed E-state index contributed by atoms with van der Waals surface area (Å²) in [5, 5.41) is 27.5. The Kier molecular flexibility index (Phi) is 37.5. The van der Waals surface area contributed by atoms with Crippen molar-refractivity contribution in [3.8, 4) is 0 Å². The third-order valence-corrected chi connectivity index (χ3v) is 19.9. The third kappa shape index (κ3) is 28.0. The zero-order valence-corrected chi connectivity index (χ0v) is 64.2. The number of rotatable bonds is 42. The van der Waals surface area contributed by atoms with Gasteiger partial charge in [-0.25, -0.2) is 19.2 Å². The van der Waals surface area contributed by atoms with E-state index >= 15 is 0 Å². The van der Waals surface area contributed by atoms with Crippen molar-refractivity contribution in [3.05, 3.63) is 91.0 Å². The summed E-state index contributed by atoms with van der Waals surface area (Å²) in [7, 11) is 6.05. The SMILES string of the molecule is C=CC(=O)O[C@@H]1CC(OC(=O)CCSCC(=O)N[C@H](C(=O)N[C@@H](CCCNC(N)=O)C(=O)Nc2ccc(COC(=O)N(C)[C@H](C(=O)NC(C(=O)N(C)[C@@H]([C@H](C)CC)[C@@H](CC(=O)N3CCC[C@H]3[C@H](OC)[C@@H](C)C(=O)N[C@H](C)[C@@H](O)c3ccccc3)OC)C(C)C)C(C)C)cc2)C(C)C)C[C@H](OC(=O)C=C)C1. The largest absolute Gasteiger partial charge is 0.462 e. The number of likely N-dealkylation sites (tertiary alicyclic amines) is 1. The standard InChI is InChI=1S/C75H114N10O19S/c1-17-46(10)66(57(99-15)40-59(87)85-35-24-28-56(85)68(100-16)47(11)69(92)78-48(12)67(91)50-25-21-20-22-26-50)83(13)73(96)64(44(6)7)82-72(95)65(45(8)9)84(14)75(98)101-41-49-29-31-51(32-30-49)79-70(93)55(27-23-34-77-74(76)97)80-71(94)63(43(4)5)81-58(86)42-105-36-33-62(90)104-54-38-52(102-60(88)18-2)37-53(39-54)103-61(89)19-3/h18-22,25-26,29-32,43-48,52-57,63-68,91H,2-3,17,23-24,27-28,33-42H2,1,4-16H3,(H,78,92)(H,79,93)(H,80,94)(H,81,86)(H,82,95)(H3,76,77,97)/t46-,47-,48-,52-,53+,54?,55+,56+,57-,63+,64?,65+,66+,67-,68-/m1/s1. The van der Waals surface area contributed by atoms with E-state index < -0.39 is 162 Å². The van der Waals surface area contributed by atoms with Gasteiger partial charge in [-0.05, 0) is 79.5 Å². The lowest BCUT2D eigenvalue weighted by atomic mass is 9.89. The first-order chi connectivity index (χ1) is 49.7. The molecule has 1 aliphatic carbocycles. The van der Waals surface area contributed by atoms with Crippen LogP contribution in [-0.2, 0) is 83.0 Å². The van der Waals surface area contributed by atoms with Gasteiger partial charge in [-0.1, -0.05) is 124 Å². The molecule has 105 heavy (non-hydrogen) atoms. The summed E-state index contributed by atoms with van der Waals surface area (Å²) >= 11 is 1.11. The van der Waals surface area contributed by atoms with Crippen LogP contribution in [0.5, 0.6) is 0 Å². The van der Waals surface area contributed by atoms with Crippen molar-refractivity contribution in [2.75, 3.05) is 58.2 Å². The second-order valence-corrected chi connectivity index (χ2v) is 29.0. The number of benzene rings is 2. The fourth-order valence-electron chi connectivity index (χ4n) is 13.1. The van der Waals surface area contributed by atoms with Crippen LogP contribution in [0.4, 0.5) is 15.3 Å². The van der Waals surface area contributed by atoms with E-state index in [2.05, 4.69) is 45.1 Å². The number of thioether (sulfide) groups is 1. The number of hydrogen-bond acceptors (Lipinski definition) is 20. The van der Waals surface area contributed by atoms with Crippen LogP contribution in [0.25, 0.3) is 0 Å².